The van der Waals surface area contributed by atoms with Gasteiger partial charge in [0.25, 0.3) is 0 Å². The minimum atomic E-state index is 0. The fourth-order valence-electron chi connectivity index (χ4n) is 0.811. The first kappa shape index (κ1) is 12.2. The Hall–Kier alpha value is -0.781. The van der Waals surface area contributed by atoms with E-state index in [2.05, 4.69) is 24.3 Å². The van der Waals surface area contributed by atoms with E-state index in [4.69, 9.17) is 0 Å². The van der Waals surface area contributed by atoms with Crippen LogP contribution in [0, 0.1) is 12.2 Å². The number of hydrogen-bond acceptors (Lipinski definition) is 0. The third-order valence-corrected chi connectivity index (χ3v) is 1.39. The van der Waals surface area contributed by atoms with Crippen LogP contribution >= 0.6 is 0 Å². The Kier molecular flexibility index (Phi) is 8.75. The molecule has 0 unspecified atom stereocenters. The van der Waals surface area contributed by atoms with Crippen LogP contribution in [0.15, 0.2) is 48.6 Å². The molecule has 0 aliphatic heterocycles. The molecule has 0 heterocycles. The minimum Gasteiger partial charge on any atom is -0.273 e. The summed E-state index contributed by atoms with van der Waals surface area (Å²) in [6.07, 6.45) is 24.0. The number of rotatable bonds is 0. The molecule has 2 aliphatic carbocycles. The van der Waals surface area contributed by atoms with E-state index < -0.39 is 0 Å². The van der Waals surface area contributed by atoms with Crippen molar-refractivity contribution in [3.63, 3.8) is 0 Å². The Labute approximate surface area is 90.9 Å². The molecule has 1 heteroatoms. The van der Waals surface area contributed by atoms with E-state index in [0.29, 0.717) is 0 Å². The summed E-state index contributed by atoms with van der Waals surface area (Å²) in [7, 11) is 0. The molecule has 0 aromatic heterocycles. The molecule has 0 aromatic carbocycles. The summed E-state index contributed by atoms with van der Waals surface area (Å²) < 4.78 is 0. The molecule has 0 nitrogen and oxygen atoms in total. The average molecular weight is 211 g/mol. The van der Waals surface area contributed by atoms with Crippen LogP contribution in [0.2, 0.25) is 0 Å². The molecule has 0 saturated heterocycles. The smallest absolute Gasteiger partial charge is 0.273 e. The Morgan fingerprint density at radius 3 is 1.85 bits per heavy atom. The second-order valence-electron chi connectivity index (χ2n) is 2.39. The van der Waals surface area contributed by atoms with Crippen molar-refractivity contribution < 1.29 is 17.1 Å². The number of hydrogen-bond donors (Lipinski definition) is 0. The van der Waals surface area contributed by atoms with Crippen molar-refractivity contribution in [1.29, 1.82) is 0 Å². The normalized spacial score (nSPS) is 16.0. The van der Waals surface area contributed by atoms with Crippen molar-refractivity contribution in [3.8, 4) is 0 Å². The summed E-state index contributed by atoms with van der Waals surface area (Å²) in [4.78, 5) is 0. The second kappa shape index (κ2) is 9.31. The van der Waals surface area contributed by atoms with Crippen LogP contribution in [-0.4, -0.2) is 0 Å². The molecule has 0 saturated carbocycles. The van der Waals surface area contributed by atoms with Crippen LogP contribution < -0.4 is 0 Å². The van der Waals surface area contributed by atoms with Gasteiger partial charge in [-0.1, -0.05) is 18.6 Å². The molecule has 0 aromatic rings. The van der Waals surface area contributed by atoms with Crippen molar-refractivity contribution in [2.75, 3.05) is 0 Å². The maximum absolute atomic E-state index is 3.05. The van der Waals surface area contributed by atoms with Gasteiger partial charge in [-0.05, 0) is 0 Å². The predicted octanol–water partition coefficient (Wildman–Crippen LogP) is 3.17. The van der Waals surface area contributed by atoms with Crippen molar-refractivity contribution in [2.45, 2.75) is 12.8 Å². The fourth-order valence-corrected chi connectivity index (χ4v) is 0.811. The zero-order valence-corrected chi connectivity index (χ0v) is 8.59. The van der Waals surface area contributed by atoms with Crippen LogP contribution in [0.1, 0.15) is 12.8 Å². The van der Waals surface area contributed by atoms with Gasteiger partial charge < -0.3 is 0 Å². The van der Waals surface area contributed by atoms with Crippen molar-refractivity contribution in [2.24, 2.45) is 0 Å². The molecule has 1 radical (unpaired) electrons. The predicted molar refractivity (Wildman–Crippen MR) is 52.3 cm³/mol. The maximum atomic E-state index is 3.05. The first-order chi connectivity index (χ1) is 6.00. The first-order valence-electron chi connectivity index (χ1n) is 4.10. The van der Waals surface area contributed by atoms with Gasteiger partial charge in [-0.15, -0.1) is 12.5 Å². The Bertz CT molecular complexity index is 218. The van der Waals surface area contributed by atoms with E-state index in [1.165, 1.54) is 0 Å². The standard InChI is InChI=1S/C7H7.C5H5.Mn/c1-2-4-6-7-5-3-1;1-2-4-5-3-1;/h1-5H,6H2;1-3H,4H2;/q2*-1;+2. The molecule has 2 aliphatic rings. The van der Waals surface area contributed by atoms with Gasteiger partial charge in [-0.3, -0.25) is 12.2 Å². The first-order valence-corrected chi connectivity index (χ1v) is 4.10. The van der Waals surface area contributed by atoms with E-state index in [1.807, 2.05) is 36.5 Å². The topological polar surface area (TPSA) is 0 Å². The monoisotopic (exact) mass is 211 g/mol. The van der Waals surface area contributed by atoms with Crippen LogP contribution in [-0.2, 0) is 17.1 Å². The van der Waals surface area contributed by atoms with Gasteiger partial charge in [-0.25, -0.2) is 24.3 Å². The van der Waals surface area contributed by atoms with Gasteiger partial charge in [0.1, 0.15) is 0 Å². The van der Waals surface area contributed by atoms with E-state index in [-0.39, 0.29) is 17.1 Å². The van der Waals surface area contributed by atoms with E-state index >= 15 is 0 Å². The number of allylic oxidation sites excluding steroid dienone is 10. The van der Waals surface area contributed by atoms with Crippen molar-refractivity contribution >= 4 is 0 Å². The summed E-state index contributed by atoms with van der Waals surface area (Å²) in [6.45, 7) is 0. The zero-order valence-electron chi connectivity index (χ0n) is 7.41. The molecule has 0 atom stereocenters. The van der Waals surface area contributed by atoms with E-state index in [1.54, 1.807) is 0 Å². The van der Waals surface area contributed by atoms with E-state index in [0.717, 1.165) is 12.8 Å². The molecule has 0 N–H and O–H groups in total. The van der Waals surface area contributed by atoms with Gasteiger partial charge >= 0.3 is 17.1 Å². The molecule has 0 spiro atoms. The van der Waals surface area contributed by atoms with Gasteiger partial charge in [0.15, 0.2) is 0 Å². The fraction of sp³-hybridized carbons (Fsp3) is 0.167. The quantitative estimate of drug-likeness (QED) is 0.426. The molecule has 0 fully saturated rings. The molecular weight excluding hydrogens is 199 g/mol. The largest absolute Gasteiger partial charge is 2.00 e. The van der Waals surface area contributed by atoms with Crippen LogP contribution in [0.4, 0.5) is 0 Å². The second-order valence-corrected chi connectivity index (χ2v) is 2.39. The molecule has 0 bridgehead atoms. The van der Waals surface area contributed by atoms with Gasteiger partial charge in [0, 0.05) is 0 Å². The molecule has 67 valence electrons. The summed E-state index contributed by atoms with van der Waals surface area (Å²) in [5.74, 6) is 0. The molecule has 2 rings (SSSR count). The summed E-state index contributed by atoms with van der Waals surface area (Å²) in [5, 5.41) is 0. The van der Waals surface area contributed by atoms with Crippen LogP contribution in [0.3, 0.4) is 0 Å². The minimum absolute atomic E-state index is 0. The van der Waals surface area contributed by atoms with Crippen molar-refractivity contribution in [1.82, 2.24) is 0 Å². The Balaban J connectivity index is 0.000000215. The van der Waals surface area contributed by atoms with E-state index in [9.17, 15) is 0 Å². The summed E-state index contributed by atoms with van der Waals surface area (Å²) in [6, 6.07) is 0. The maximum Gasteiger partial charge on any atom is 2.00 e. The van der Waals surface area contributed by atoms with Gasteiger partial charge in [-0.2, -0.15) is 6.08 Å². The summed E-state index contributed by atoms with van der Waals surface area (Å²) >= 11 is 0. The third-order valence-electron chi connectivity index (χ3n) is 1.39. The summed E-state index contributed by atoms with van der Waals surface area (Å²) in [5.41, 5.74) is 0. The average Bonchev–Trinajstić information content (AvgIpc) is 2.54. The molecular formula is C12H12Mn. The van der Waals surface area contributed by atoms with Crippen LogP contribution in [0.5, 0.6) is 0 Å². The molecule has 13 heavy (non-hydrogen) atoms. The van der Waals surface area contributed by atoms with Gasteiger partial charge in [0.2, 0.25) is 0 Å². The molecule has 0 amide bonds. The van der Waals surface area contributed by atoms with Gasteiger partial charge in [0.05, 0.1) is 0 Å². The zero-order chi connectivity index (χ0) is 8.49. The Morgan fingerprint density at radius 2 is 1.31 bits per heavy atom. The SMILES string of the molecule is [C-]1=CC=CC1.[C-]1=CC=CC=CC1.[Mn+2]. The third kappa shape index (κ3) is 7.58. The Morgan fingerprint density at radius 1 is 0.692 bits per heavy atom. The van der Waals surface area contributed by atoms with Crippen molar-refractivity contribution in [3.05, 3.63) is 60.8 Å². The van der Waals surface area contributed by atoms with Crippen LogP contribution in [0.25, 0.3) is 0 Å².